The van der Waals surface area contributed by atoms with E-state index in [0.29, 0.717) is 24.3 Å². The third-order valence-corrected chi connectivity index (χ3v) is 8.14. The minimum absolute atomic E-state index is 0.0113. The summed E-state index contributed by atoms with van der Waals surface area (Å²) >= 11 is 0. The average Bonchev–Trinajstić information content (AvgIpc) is 3.10. The second-order valence-corrected chi connectivity index (χ2v) is 12.6. The van der Waals surface area contributed by atoms with Gasteiger partial charge in [-0.05, 0) is 60.6 Å². The van der Waals surface area contributed by atoms with E-state index in [2.05, 4.69) is 26.6 Å². The Bertz CT molecular complexity index is 1610. The molecular formula is C38H47N5O7. The Balaban J connectivity index is 1.58. The molecule has 1 aliphatic heterocycles. The van der Waals surface area contributed by atoms with Gasteiger partial charge in [-0.3, -0.25) is 24.0 Å². The molecule has 3 aromatic carbocycles. The summed E-state index contributed by atoms with van der Waals surface area (Å²) in [6.45, 7) is 4.52. The van der Waals surface area contributed by atoms with Gasteiger partial charge in [-0.15, -0.1) is 0 Å². The Kier molecular flexibility index (Phi) is 14.2. The lowest BCUT2D eigenvalue weighted by Crippen LogP contribution is -2.56. The van der Waals surface area contributed by atoms with E-state index in [4.69, 9.17) is 9.47 Å². The Morgan fingerprint density at radius 1 is 0.880 bits per heavy atom. The van der Waals surface area contributed by atoms with Gasteiger partial charge >= 0.3 is 0 Å². The summed E-state index contributed by atoms with van der Waals surface area (Å²) in [5.74, 6) is -1.68. The van der Waals surface area contributed by atoms with E-state index in [1.54, 1.807) is 31.4 Å². The molecule has 3 aromatic rings. The number of benzene rings is 3. The molecular weight excluding hydrogens is 638 g/mol. The highest BCUT2D eigenvalue weighted by Gasteiger charge is 2.31. The van der Waals surface area contributed by atoms with E-state index in [1.165, 1.54) is 0 Å². The zero-order valence-corrected chi connectivity index (χ0v) is 28.8. The van der Waals surface area contributed by atoms with E-state index in [0.717, 1.165) is 11.1 Å². The van der Waals surface area contributed by atoms with Crippen LogP contribution >= 0.6 is 0 Å². The average molecular weight is 686 g/mol. The van der Waals surface area contributed by atoms with Crippen molar-refractivity contribution in [3.63, 3.8) is 0 Å². The van der Waals surface area contributed by atoms with Crippen LogP contribution in [0.5, 0.6) is 11.5 Å². The lowest BCUT2D eigenvalue weighted by Gasteiger charge is -2.25. The number of nitrogens with one attached hydrogen (secondary N) is 5. The molecule has 50 heavy (non-hydrogen) atoms. The number of hydrogen-bond acceptors (Lipinski definition) is 7. The first-order valence-electron chi connectivity index (χ1n) is 17.0. The summed E-state index contributed by atoms with van der Waals surface area (Å²) in [5, 5.41) is 14.0. The molecule has 0 fully saturated rings. The van der Waals surface area contributed by atoms with Gasteiger partial charge in [-0.25, -0.2) is 0 Å². The van der Waals surface area contributed by atoms with Crippen LogP contribution in [0, 0.1) is 5.92 Å². The van der Waals surface area contributed by atoms with E-state index in [1.807, 2.05) is 68.4 Å². The Hall–Kier alpha value is -5.39. The van der Waals surface area contributed by atoms with Gasteiger partial charge in [0, 0.05) is 19.5 Å². The minimum atomic E-state index is -1.26. The molecule has 5 N–H and O–H groups in total. The maximum absolute atomic E-state index is 13.7. The van der Waals surface area contributed by atoms with Gasteiger partial charge in [0.05, 0.1) is 25.7 Å². The first-order valence-corrected chi connectivity index (χ1v) is 17.0. The number of hydrogen-bond donors (Lipinski definition) is 5. The zero-order chi connectivity index (χ0) is 35.9. The third kappa shape index (κ3) is 11.6. The van der Waals surface area contributed by atoms with Crippen LogP contribution in [0.4, 0.5) is 0 Å². The zero-order valence-electron chi connectivity index (χ0n) is 28.8. The van der Waals surface area contributed by atoms with Crippen LogP contribution in [0.1, 0.15) is 54.6 Å². The maximum atomic E-state index is 13.7. The summed E-state index contributed by atoms with van der Waals surface area (Å²) in [4.78, 5) is 67.7. The van der Waals surface area contributed by atoms with E-state index < -0.39 is 48.2 Å². The van der Waals surface area contributed by atoms with E-state index in [9.17, 15) is 24.0 Å². The molecule has 0 spiro atoms. The van der Waals surface area contributed by atoms with Crippen LogP contribution in [0.2, 0.25) is 0 Å². The van der Waals surface area contributed by atoms with Crippen molar-refractivity contribution in [2.45, 2.75) is 64.1 Å². The summed E-state index contributed by atoms with van der Waals surface area (Å²) in [6, 6.07) is 20.2. The normalized spacial score (nSPS) is 19.3. The van der Waals surface area contributed by atoms with Crippen molar-refractivity contribution < 1.29 is 33.4 Å². The molecule has 0 unspecified atom stereocenters. The van der Waals surface area contributed by atoms with Crippen molar-refractivity contribution in [1.82, 2.24) is 26.6 Å². The van der Waals surface area contributed by atoms with Crippen molar-refractivity contribution in [2.24, 2.45) is 5.92 Å². The number of para-hydroxylation sites is 1. The number of amides is 5. The molecule has 1 aliphatic rings. The highest BCUT2D eigenvalue weighted by Crippen LogP contribution is 2.19. The SMILES string of the molecule is COc1cccc(CCNC(=O)[C@@H]2CC(=O)N[C@@H](CC(C)C)C(=O)N[C@@H](Cc3ccccc3)C(=O)NCCCOc3ccccc3C(=O)N2)c1. The molecule has 0 aliphatic carbocycles. The summed E-state index contributed by atoms with van der Waals surface area (Å²) in [6.07, 6.45) is 1.01. The largest absolute Gasteiger partial charge is 0.497 e. The molecule has 12 nitrogen and oxygen atoms in total. The second kappa shape index (κ2) is 19.0. The van der Waals surface area contributed by atoms with Crippen LogP contribution in [0.25, 0.3) is 0 Å². The van der Waals surface area contributed by atoms with E-state index >= 15 is 0 Å². The Morgan fingerprint density at radius 3 is 2.38 bits per heavy atom. The third-order valence-electron chi connectivity index (χ3n) is 8.14. The van der Waals surface area contributed by atoms with Crippen LogP contribution in [-0.2, 0) is 32.0 Å². The fraction of sp³-hybridized carbons (Fsp3) is 0.395. The van der Waals surface area contributed by atoms with E-state index in [-0.39, 0.29) is 49.9 Å². The van der Waals surface area contributed by atoms with Crippen molar-refractivity contribution in [1.29, 1.82) is 0 Å². The number of methoxy groups -OCH3 is 1. The molecule has 4 rings (SSSR count). The molecule has 1 heterocycles. The van der Waals surface area contributed by atoms with Crippen molar-refractivity contribution >= 4 is 29.5 Å². The highest BCUT2D eigenvalue weighted by molar-refractivity contribution is 6.01. The first-order chi connectivity index (χ1) is 24.1. The summed E-state index contributed by atoms with van der Waals surface area (Å²) in [7, 11) is 1.58. The van der Waals surface area contributed by atoms with Crippen LogP contribution in [0.3, 0.4) is 0 Å². The topological polar surface area (TPSA) is 164 Å². The first kappa shape index (κ1) is 37.4. The van der Waals surface area contributed by atoms with Crippen LogP contribution < -0.4 is 36.1 Å². The lowest BCUT2D eigenvalue weighted by atomic mass is 10.0. The van der Waals surface area contributed by atoms with Gasteiger partial charge in [-0.2, -0.15) is 0 Å². The molecule has 0 saturated carbocycles. The Morgan fingerprint density at radius 2 is 1.62 bits per heavy atom. The quantitative estimate of drug-likeness (QED) is 0.231. The number of rotatable bonds is 9. The fourth-order valence-electron chi connectivity index (χ4n) is 5.57. The van der Waals surface area contributed by atoms with Gasteiger partial charge in [0.1, 0.15) is 29.6 Å². The molecule has 0 bridgehead atoms. The lowest BCUT2D eigenvalue weighted by molar-refractivity contribution is -0.133. The van der Waals surface area contributed by atoms with Crippen molar-refractivity contribution in [3.05, 3.63) is 95.6 Å². The molecule has 266 valence electrons. The van der Waals surface area contributed by atoms with Gasteiger partial charge in [0.25, 0.3) is 5.91 Å². The number of ether oxygens (including phenoxy) is 2. The molecule has 3 atom stereocenters. The van der Waals surface area contributed by atoms with Crippen molar-refractivity contribution in [2.75, 3.05) is 26.8 Å². The van der Waals surface area contributed by atoms with Crippen molar-refractivity contribution in [3.8, 4) is 11.5 Å². The second-order valence-electron chi connectivity index (χ2n) is 12.6. The molecule has 12 heteroatoms. The van der Waals surface area contributed by atoms with Crippen LogP contribution in [0.15, 0.2) is 78.9 Å². The van der Waals surface area contributed by atoms with Gasteiger partial charge in [0.2, 0.25) is 23.6 Å². The van der Waals surface area contributed by atoms with Gasteiger partial charge in [0.15, 0.2) is 0 Å². The van der Waals surface area contributed by atoms with Crippen LogP contribution in [-0.4, -0.2) is 74.5 Å². The monoisotopic (exact) mass is 685 g/mol. The number of fused-ring (bicyclic) bond motifs is 1. The number of carbonyl (C=O) groups is 5. The molecule has 0 radical (unpaired) electrons. The van der Waals surface area contributed by atoms with Gasteiger partial charge < -0.3 is 36.1 Å². The predicted molar refractivity (Wildman–Crippen MR) is 189 cm³/mol. The molecule has 0 saturated heterocycles. The Labute approximate surface area is 293 Å². The fourth-order valence-corrected chi connectivity index (χ4v) is 5.57. The summed E-state index contributed by atoms with van der Waals surface area (Å²) in [5.41, 5.74) is 1.98. The van der Waals surface area contributed by atoms with Gasteiger partial charge in [-0.1, -0.05) is 68.4 Å². The predicted octanol–water partition coefficient (Wildman–Crippen LogP) is 2.70. The maximum Gasteiger partial charge on any atom is 0.255 e. The molecule has 0 aromatic heterocycles. The summed E-state index contributed by atoms with van der Waals surface area (Å²) < 4.78 is 11.2. The smallest absolute Gasteiger partial charge is 0.255 e. The number of carbonyl (C=O) groups excluding carboxylic acids is 5. The highest BCUT2D eigenvalue weighted by atomic mass is 16.5. The molecule has 5 amide bonds. The standard InChI is InChI=1S/C38H47N5O7/c1-25(2)21-30-38(48)43-31(23-26-11-5-4-6-12-26)36(46)39-18-10-20-50-33-16-8-7-15-29(33)35(45)42-32(24-34(44)41-30)37(47)40-19-17-27-13-9-14-28(22-27)49-3/h4-9,11-16,22,25,30-32H,10,17-21,23-24H2,1-3H3,(H,39,46)(H,40,47)(H,41,44)(H,42,45)(H,43,48)/t30-,31-,32-/m0/s1. The minimum Gasteiger partial charge on any atom is -0.497 e.